The normalized spacial score (nSPS) is 14.2. The number of thiophene rings is 1. The van der Waals surface area contributed by atoms with Crippen LogP contribution in [-0.4, -0.2) is 18.5 Å². The van der Waals surface area contributed by atoms with Crippen LogP contribution in [0.1, 0.15) is 22.4 Å². The van der Waals surface area contributed by atoms with Crippen LogP contribution >= 0.6 is 22.9 Å². The molecule has 1 aliphatic heterocycles. The van der Waals surface area contributed by atoms with E-state index in [0.717, 1.165) is 24.0 Å². The molecular weight excluding hydrogens is 288 g/mol. The van der Waals surface area contributed by atoms with Crippen molar-refractivity contribution in [3.05, 3.63) is 50.7 Å². The highest BCUT2D eigenvalue weighted by molar-refractivity contribution is 7.16. The van der Waals surface area contributed by atoms with Crippen LogP contribution in [-0.2, 0) is 19.5 Å². The molecule has 0 bridgehead atoms. The Morgan fingerprint density at radius 1 is 1.25 bits per heavy atom. The van der Waals surface area contributed by atoms with Gasteiger partial charge in [-0.2, -0.15) is 0 Å². The van der Waals surface area contributed by atoms with E-state index in [-0.39, 0.29) is 0 Å². The summed E-state index contributed by atoms with van der Waals surface area (Å²) in [6.07, 6.45) is 2.42. The summed E-state index contributed by atoms with van der Waals surface area (Å²) in [4.78, 5) is 3.67. The van der Waals surface area contributed by atoms with Gasteiger partial charge in [0, 0.05) is 30.2 Å². The first-order chi connectivity index (χ1) is 9.72. The van der Waals surface area contributed by atoms with Crippen molar-refractivity contribution in [1.82, 2.24) is 4.90 Å². The van der Waals surface area contributed by atoms with Crippen molar-refractivity contribution < 1.29 is 0 Å². The van der Waals surface area contributed by atoms with Gasteiger partial charge in [-0.1, -0.05) is 23.7 Å². The third-order valence-electron chi connectivity index (χ3n) is 3.69. The van der Waals surface area contributed by atoms with Gasteiger partial charge in [0.05, 0.1) is 4.34 Å². The Kier molecular flexibility index (Phi) is 4.29. The fourth-order valence-corrected chi connectivity index (χ4v) is 3.95. The first kappa shape index (κ1) is 13.9. The maximum absolute atomic E-state index is 5.99. The summed E-state index contributed by atoms with van der Waals surface area (Å²) in [6, 6.07) is 10.7. The maximum Gasteiger partial charge on any atom is 0.0931 e. The molecule has 4 heteroatoms. The van der Waals surface area contributed by atoms with E-state index in [2.05, 4.69) is 41.5 Å². The maximum atomic E-state index is 5.99. The van der Waals surface area contributed by atoms with Gasteiger partial charge < -0.3 is 5.32 Å². The summed E-state index contributed by atoms with van der Waals surface area (Å²) < 4.78 is 0.870. The number of nitrogens with one attached hydrogen (secondary N) is 1. The highest BCUT2D eigenvalue weighted by Crippen LogP contribution is 2.27. The van der Waals surface area contributed by atoms with E-state index in [1.165, 1.54) is 34.5 Å². The topological polar surface area (TPSA) is 15.3 Å². The second-order valence-corrected chi connectivity index (χ2v) is 7.15. The molecule has 0 saturated heterocycles. The quantitative estimate of drug-likeness (QED) is 0.901. The Labute approximate surface area is 129 Å². The SMILES string of the molecule is CN(Cc1ccc(Cl)s1)Cc1cccc2c1CCCN2. The van der Waals surface area contributed by atoms with E-state index in [9.17, 15) is 0 Å². The van der Waals surface area contributed by atoms with E-state index in [0.29, 0.717) is 0 Å². The fraction of sp³-hybridized carbons (Fsp3) is 0.375. The smallest absolute Gasteiger partial charge is 0.0931 e. The van der Waals surface area contributed by atoms with Crippen LogP contribution in [0.5, 0.6) is 0 Å². The molecule has 0 amide bonds. The summed E-state index contributed by atoms with van der Waals surface area (Å²) in [7, 11) is 2.17. The van der Waals surface area contributed by atoms with Crippen molar-refractivity contribution in [1.29, 1.82) is 0 Å². The van der Waals surface area contributed by atoms with E-state index in [1.807, 2.05) is 6.07 Å². The highest BCUT2D eigenvalue weighted by atomic mass is 35.5. The van der Waals surface area contributed by atoms with Gasteiger partial charge in [0.2, 0.25) is 0 Å². The average Bonchev–Trinajstić information content (AvgIpc) is 2.84. The zero-order chi connectivity index (χ0) is 13.9. The molecule has 0 atom stereocenters. The van der Waals surface area contributed by atoms with E-state index < -0.39 is 0 Å². The second kappa shape index (κ2) is 6.17. The molecule has 0 radical (unpaired) electrons. The third kappa shape index (κ3) is 3.17. The van der Waals surface area contributed by atoms with Crippen LogP contribution in [0, 0.1) is 0 Å². The van der Waals surface area contributed by atoms with Gasteiger partial charge in [-0.25, -0.2) is 0 Å². The molecule has 2 heterocycles. The minimum absolute atomic E-state index is 0.870. The van der Waals surface area contributed by atoms with Gasteiger partial charge in [-0.3, -0.25) is 4.90 Å². The highest BCUT2D eigenvalue weighted by Gasteiger charge is 2.13. The zero-order valence-corrected chi connectivity index (χ0v) is 13.2. The Hall–Kier alpha value is -1.03. The van der Waals surface area contributed by atoms with Crippen molar-refractivity contribution in [2.75, 3.05) is 18.9 Å². The van der Waals surface area contributed by atoms with Crippen molar-refractivity contribution in [2.45, 2.75) is 25.9 Å². The number of rotatable bonds is 4. The van der Waals surface area contributed by atoms with Gasteiger partial charge >= 0.3 is 0 Å². The van der Waals surface area contributed by atoms with Gasteiger partial charge in [-0.05, 0) is 49.2 Å². The van der Waals surface area contributed by atoms with Crippen LogP contribution in [0.3, 0.4) is 0 Å². The molecule has 106 valence electrons. The number of anilines is 1. The first-order valence-electron chi connectivity index (χ1n) is 7.00. The van der Waals surface area contributed by atoms with Crippen LogP contribution in [0.15, 0.2) is 30.3 Å². The molecule has 0 unspecified atom stereocenters. The molecule has 20 heavy (non-hydrogen) atoms. The monoisotopic (exact) mass is 306 g/mol. The van der Waals surface area contributed by atoms with Gasteiger partial charge in [0.15, 0.2) is 0 Å². The number of benzene rings is 1. The summed E-state index contributed by atoms with van der Waals surface area (Å²) in [5.74, 6) is 0. The second-order valence-electron chi connectivity index (χ2n) is 5.35. The van der Waals surface area contributed by atoms with E-state index in [4.69, 9.17) is 11.6 Å². The summed E-state index contributed by atoms with van der Waals surface area (Å²) in [5.41, 5.74) is 4.26. The summed E-state index contributed by atoms with van der Waals surface area (Å²) in [6.45, 7) is 3.04. The predicted octanol–water partition coefficient (Wildman–Crippen LogP) is 4.39. The number of hydrogen-bond donors (Lipinski definition) is 1. The number of halogens is 1. The van der Waals surface area contributed by atoms with Gasteiger partial charge in [-0.15, -0.1) is 11.3 Å². The average molecular weight is 307 g/mol. The molecule has 1 aromatic carbocycles. The summed E-state index contributed by atoms with van der Waals surface area (Å²) in [5, 5.41) is 3.50. The molecule has 1 aromatic heterocycles. The molecule has 3 rings (SSSR count). The first-order valence-corrected chi connectivity index (χ1v) is 8.19. The molecule has 0 saturated carbocycles. The lowest BCUT2D eigenvalue weighted by Crippen LogP contribution is -2.20. The van der Waals surface area contributed by atoms with Crippen molar-refractivity contribution in [3.63, 3.8) is 0 Å². The standard InChI is InChI=1S/C16H19ClN2S/c1-19(11-13-7-8-16(17)20-13)10-12-4-2-6-15-14(12)5-3-9-18-15/h2,4,6-8,18H,3,5,9-11H2,1H3. The Bertz CT molecular complexity index is 594. The zero-order valence-electron chi connectivity index (χ0n) is 11.7. The minimum atomic E-state index is 0.870. The number of fused-ring (bicyclic) bond motifs is 1. The molecule has 0 fully saturated rings. The molecule has 1 aliphatic rings. The van der Waals surface area contributed by atoms with Gasteiger partial charge in [0.25, 0.3) is 0 Å². The van der Waals surface area contributed by atoms with E-state index in [1.54, 1.807) is 11.3 Å². The summed E-state index contributed by atoms with van der Waals surface area (Å²) >= 11 is 7.66. The Morgan fingerprint density at radius 2 is 2.15 bits per heavy atom. The van der Waals surface area contributed by atoms with E-state index >= 15 is 0 Å². The number of hydrogen-bond acceptors (Lipinski definition) is 3. The molecule has 0 spiro atoms. The lowest BCUT2D eigenvalue weighted by Gasteiger charge is -2.23. The third-order valence-corrected chi connectivity index (χ3v) is 4.90. The fourth-order valence-electron chi connectivity index (χ4n) is 2.78. The van der Waals surface area contributed by atoms with Gasteiger partial charge in [0.1, 0.15) is 0 Å². The minimum Gasteiger partial charge on any atom is -0.385 e. The largest absolute Gasteiger partial charge is 0.385 e. The van der Waals surface area contributed by atoms with Crippen molar-refractivity contribution in [2.24, 2.45) is 0 Å². The van der Waals surface area contributed by atoms with Crippen molar-refractivity contribution in [3.8, 4) is 0 Å². The molecule has 1 N–H and O–H groups in total. The molecule has 2 nitrogen and oxygen atoms in total. The predicted molar refractivity (Wildman–Crippen MR) is 87.8 cm³/mol. The molecule has 2 aromatic rings. The van der Waals surface area contributed by atoms with Crippen LogP contribution in [0.25, 0.3) is 0 Å². The Morgan fingerprint density at radius 3 is 2.95 bits per heavy atom. The lowest BCUT2D eigenvalue weighted by molar-refractivity contribution is 0.321. The lowest BCUT2D eigenvalue weighted by atomic mass is 9.97. The van der Waals surface area contributed by atoms with Crippen LogP contribution < -0.4 is 5.32 Å². The van der Waals surface area contributed by atoms with Crippen molar-refractivity contribution >= 4 is 28.6 Å². The molecular formula is C16H19ClN2S. The van der Waals surface area contributed by atoms with Crippen LogP contribution in [0.2, 0.25) is 4.34 Å². The van der Waals surface area contributed by atoms with Crippen LogP contribution in [0.4, 0.5) is 5.69 Å². The Balaban J connectivity index is 1.71. The molecule has 0 aliphatic carbocycles. The number of nitrogens with zero attached hydrogens (tertiary/aromatic N) is 1.